The van der Waals surface area contributed by atoms with Crippen LogP contribution < -0.4 is 0 Å². The highest BCUT2D eigenvalue weighted by atomic mass is 16.5. The Kier molecular flexibility index (Phi) is 4.01. The van der Waals surface area contributed by atoms with Crippen LogP contribution in [0.5, 0.6) is 0 Å². The summed E-state index contributed by atoms with van der Waals surface area (Å²) >= 11 is 0. The van der Waals surface area contributed by atoms with Gasteiger partial charge >= 0.3 is 0 Å². The molecule has 0 N–H and O–H groups in total. The predicted molar refractivity (Wildman–Crippen MR) is 82.5 cm³/mol. The number of hydrogen-bond donors (Lipinski definition) is 0. The average Bonchev–Trinajstić information content (AvgIpc) is 2.53. The summed E-state index contributed by atoms with van der Waals surface area (Å²) in [5.74, 6) is 6.43. The zero-order valence-corrected chi connectivity index (χ0v) is 11.8. The third kappa shape index (κ3) is 2.70. The van der Waals surface area contributed by atoms with Crippen molar-refractivity contribution in [3.05, 3.63) is 48.0 Å². The van der Waals surface area contributed by atoms with Gasteiger partial charge in [0.05, 0.1) is 19.3 Å². The van der Waals surface area contributed by atoms with Crippen LogP contribution in [0.15, 0.2) is 42.5 Å². The molecule has 0 spiro atoms. The summed E-state index contributed by atoms with van der Waals surface area (Å²) in [5, 5.41) is 2.56. The van der Waals surface area contributed by atoms with Crippen molar-refractivity contribution >= 4 is 10.8 Å². The molecule has 3 rings (SSSR count). The van der Waals surface area contributed by atoms with Gasteiger partial charge in [-0.25, -0.2) is 0 Å². The first-order chi connectivity index (χ1) is 9.88. The predicted octanol–water partition coefficient (Wildman–Crippen LogP) is 3.24. The maximum Gasteiger partial charge on any atom is 0.0972 e. The largest absolute Gasteiger partial charge is 0.379 e. The molecular weight excluding hydrogens is 246 g/mol. The van der Waals surface area contributed by atoms with Crippen molar-refractivity contribution in [2.75, 3.05) is 26.3 Å². The van der Waals surface area contributed by atoms with E-state index in [0.29, 0.717) is 0 Å². The first-order valence-electron chi connectivity index (χ1n) is 7.11. The van der Waals surface area contributed by atoms with E-state index >= 15 is 0 Å². The molecule has 1 aliphatic heterocycles. The highest BCUT2D eigenvalue weighted by Gasteiger charge is 2.20. The van der Waals surface area contributed by atoms with E-state index in [2.05, 4.69) is 59.2 Å². The van der Waals surface area contributed by atoms with Gasteiger partial charge in [0.25, 0.3) is 0 Å². The highest BCUT2D eigenvalue weighted by molar-refractivity contribution is 5.83. The third-order valence-corrected chi connectivity index (χ3v) is 3.78. The van der Waals surface area contributed by atoms with Gasteiger partial charge in [0, 0.05) is 13.1 Å². The van der Waals surface area contributed by atoms with Crippen molar-refractivity contribution in [2.45, 2.75) is 13.0 Å². The maximum absolute atomic E-state index is 5.44. The summed E-state index contributed by atoms with van der Waals surface area (Å²) in [6, 6.07) is 15.3. The number of benzene rings is 2. The minimum Gasteiger partial charge on any atom is -0.379 e. The number of hydrogen-bond acceptors (Lipinski definition) is 2. The fraction of sp³-hybridized carbons (Fsp3) is 0.333. The first-order valence-corrected chi connectivity index (χ1v) is 7.11. The van der Waals surface area contributed by atoms with Crippen molar-refractivity contribution in [2.24, 2.45) is 0 Å². The monoisotopic (exact) mass is 265 g/mol. The standard InChI is InChI=1S/C18H19NO/c1-2-5-18(19-10-12-20-13-11-19)17-9-8-15-6-3-4-7-16(15)14-17/h3-4,6-9,14,18H,10-13H2,1H3. The topological polar surface area (TPSA) is 12.5 Å². The molecule has 0 saturated carbocycles. The van der Waals surface area contributed by atoms with E-state index in [1.165, 1.54) is 16.3 Å². The molecule has 1 aliphatic rings. The molecule has 2 aromatic rings. The van der Waals surface area contributed by atoms with Crippen LogP contribution in [-0.2, 0) is 4.74 Å². The van der Waals surface area contributed by atoms with Crippen molar-refractivity contribution < 1.29 is 4.74 Å². The molecule has 1 unspecified atom stereocenters. The summed E-state index contributed by atoms with van der Waals surface area (Å²) in [6.45, 7) is 5.41. The SMILES string of the molecule is CC#CC(c1ccc2ccccc2c1)N1CCOCC1. The number of ether oxygens (including phenoxy) is 1. The van der Waals surface area contributed by atoms with Gasteiger partial charge in [-0.3, -0.25) is 4.90 Å². The first kappa shape index (κ1) is 13.2. The van der Waals surface area contributed by atoms with Crippen LogP contribution in [0.25, 0.3) is 10.8 Å². The average molecular weight is 265 g/mol. The number of nitrogens with zero attached hydrogens (tertiary/aromatic N) is 1. The normalized spacial score (nSPS) is 17.4. The van der Waals surface area contributed by atoms with Crippen LogP contribution in [0.4, 0.5) is 0 Å². The second kappa shape index (κ2) is 6.09. The summed E-state index contributed by atoms with van der Waals surface area (Å²) in [5.41, 5.74) is 1.28. The summed E-state index contributed by atoms with van der Waals surface area (Å²) in [4.78, 5) is 2.41. The lowest BCUT2D eigenvalue weighted by molar-refractivity contribution is 0.0270. The van der Waals surface area contributed by atoms with Gasteiger partial charge in [0.1, 0.15) is 0 Å². The lowest BCUT2D eigenvalue weighted by Gasteiger charge is -2.31. The van der Waals surface area contributed by atoms with E-state index in [1.54, 1.807) is 0 Å². The molecule has 1 heterocycles. The molecule has 102 valence electrons. The van der Waals surface area contributed by atoms with E-state index in [0.717, 1.165) is 26.3 Å². The molecule has 0 aliphatic carbocycles. The van der Waals surface area contributed by atoms with Crippen molar-refractivity contribution in [3.63, 3.8) is 0 Å². The zero-order valence-electron chi connectivity index (χ0n) is 11.8. The van der Waals surface area contributed by atoms with E-state index in [4.69, 9.17) is 4.74 Å². The van der Waals surface area contributed by atoms with Gasteiger partial charge in [0.2, 0.25) is 0 Å². The van der Waals surface area contributed by atoms with Crippen LogP contribution in [-0.4, -0.2) is 31.2 Å². The summed E-state index contributed by atoms with van der Waals surface area (Å²) in [7, 11) is 0. The Labute approximate surface area is 120 Å². The Hall–Kier alpha value is -1.82. The van der Waals surface area contributed by atoms with Crippen LogP contribution in [0, 0.1) is 11.8 Å². The zero-order chi connectivity index (χ0) is 13.8. The van der Waals surface area contributed by atoms with E-state index < -0.39 is 0 Å². The third-order valence-electron chi connectivity index (χ3n) is 3.78. The Bertz CT molecular complexity index is 647. The lowest BCUT2D eigenvalue weighted by atomic mass is 10.0. The number of rotatable bonds is 2. The minimum absolute atomic E-state index is 0.175. The molecule has 20 heavy (non-hydrogen) atoms. The van der Waals surface area contributed by atoms with Gasteiger partial charge in [-0.1, -0.05) is 42.3 Å². The number of fused-ring (bicyclic) bond motifs is 1. The lowest BCUT2D eigenvalue weighted by Crippen LogP contribution is -2.38. The highest BCUT2D eigenvalue weighted by Crippen LogP contribution is 2.25. The molecule has 0 bridgehead atoms. The number of morpholine rings is 1. The second-order valence-corrected chi connectivity index (χ2v) is 5.05. The van der Waals surface area contributed by atoms with Crippen molar-refractivity contribution in [1.29, 1.82) is 0 Å². The molecule has 2 nitrogen and oxygen atoms in total. The fourth-order valence-corrected chi connectivity index (χ4v) is 2.74. The Morgan fingerprint density at radius 1 is 1.05 bits per heavy atom. The second-order valence-electron chi connectivity index (χ2n) is 5.05. The van der Waals surface area contributed by atoms with Crippen LogP contribution in [0.1, 0.15) is 18.5 Å². The quantitative estimate of drug-likeness (QED) is 0.773. The van der Waals surface area contributed by atoms with E-state index in [-0.39, 0.29) is 6.04 Å². The van der Waals surface area contributed by atoms with E-state index in [9.17, 15) is 0 Å². The fourth-order valence-electron chi connectivity index (χ4n) is 2.74. The Balaban J connectivity index is 1.97. The van der Waals surface area contributed by atoms with E-state index in [1.807, 2.05) is 6.92 Å². The maximum atomic E-state index is 5.44. The Morgan fingerprint density at radius 2 is 1.80 bits per heavy atom. The smallest absolute Gasteiger partial charge is 0.0972 e. The van der Waals surface area contributed by atoms with Gasteiger partial charge in [-0.05, 0) is 29.3 Å². The van der Waals surface area contributed by atoms with Crippen molar-refractivity contribution in [3.8, 4) is 11.8 Å². The van der Waals surface area contributed by atoms with Crippen LogP contribution >= 0.6 is 0 Å². The Morgan fingerprint density at radius 3 is 2.55 bits per heavy atom. The van der Waals surface area contributed by atoms with Crippen molar-refractivity contribution in [1.82, 2.24) is 4.90 Å². The van der Waals surface area contributed by atoms with Gasteiger partial charge < -0.3 is 4.74 Å². The molecule has 2 aromatic carbocycles. The van der Waals surface area contributed by atoms with Gasteiger partial charge in [-0.2, -0.15) is 0 Å². The molecule has 1 fully saturated rings. The molecule has 1 saturated heterocycles. The molecule has 0 radical (unpaired) electrons. The summed E-state index contributed by atoms with van der Waals surface area (Å²) in [6.07, 6.45) is 0. The minimum atomic E-state index is 0.175. The molecule has 0 aromatic heterocycles. The van der Waals surface area contributed by atoms with Crippen LogP contribution in [0.2, 0.25) is 0 Å². The molecular formula is C18H19NO. The molecule has 2 heteroatoms. The summed E-state index contributed by atoms with van der Waals surface area (Å²) < 4.78 is 5.44. The van der Waals surface area contributed by atoms with Crippen LogP contribution in [0.3, 0.4) is 0 Å². The van der Waals surface area contributed by atoms with Gasteiger partial charge in [-0.15, -0.1) is 5.92 Å². The van der Waals surface area contributed by atoms with Gasteiger partial charge in [0.15, 0.2) is 0 Å². The molecule has 0 amide bonds. The molecule has 1 atom stereocenters.